The number of carbonyl (C=O) groups is 2. The summed E-state index contributed by atoms with van der Waals surface area (Å²) in [5.74, 6) is -0.227. The van der Waals surface area contributed by atoms with Crippen LogP contribution in [0.2, 0.25) is 0 Å². The fraction of sp³-hybridized carbons (Fsp3) is 0.304. The Kier molecular flexibility index (Phi) is 9.29. The number of nitrogens with zero attached hydrogens (tertiary/aromatic N) is 2. The molecule has 3 aromatic rings. The van der Waals surface area contributed by atoms with Crippen LogP contribution in [-0.4, -0.2) is 49.9 Å². The third kappa shape index (κ3) is 7.57. The number of pyridine rings is 1. The smallest absolute Gasteiger partial charge is 0.307 e. The molecule has 0 saturated heterocycles. The molecular weight excluding hydrogens is 492 g/mol. The lowest BCUT2D eigenvalue weighted by Crippen LogP contribution is -2.27. The first-order valence-electron chi connectivity index (χ1n) is 10.8. The summed E-state index contributed by atoms with van der Waals surface area (Å²) in [4.78, 5) is 32.6. The second kappa shape index (κ2) is 12.4. The third-order valence-electron chi connectivity index (χ3n) is 4.47. The Hall–Kier alpha value is -3.35. The maximum atomic E-state index is 12.2. The second-order valence-electron chi connectivity index (χ2n) is 7.48. The quantitative estimate of drug-likeness (QED) is 0.254. The molecule has 12 heteroatoms. The van der Waals surface area contributed by atoms with Crippen molar-refractivity contribution < 1.29 is 27.8 Å². The van der Waals surface area contributed by atoms with Crippen LogP contribution < -0.4 is 15.4 Å². The highest BCUT2D eigenvalue weighted by molar-refractivity contribution is 7.79. The van der Waals surface area contributed by atoms with E-state index in [1.54, 1.807) is 37.4 Å². The van der Waals surface area contributed by atoms with E-state index in [1.165, 1.54) is 17.4 Å². The van der Waals surface area contributed by atoms with E-state index in [9.17, 15) is 18.4 Å². The number of anilines is 2. The maximum Gasteiger partial charge on any atom is 0.307 e. The van der Waals surface area contributed by atoms with Crippen LogP contribution >= 0.6 is 11.3 Å². The van der Waals surface area contributed by atoms with Gasteiger partial charge >= 0.3 is 5.97 Å². The Morgan fingerprint density at radius 2 is 2.03 bits per heavy atom. The first kappa shape index (κ1) is 26.3. The van der Waals surface area contributed by atoms with Crippen molar-refractivity contribution >= 4 is 45.1 Å². The number of aromatic nitrogens is 2. The van der Waals surface area contributed by atoms with Crippen LogP contribution in [0.15, 0.2) is 46.8 Å². The molecule has 2 aromatic heterocycles. The molecule has 0 fully saturated rings. The van der Waals surface area contributed by atoms with Crippen molar-refractivity contribution in [2.24, 2.45) is 0 Å². The van der Waals surface area contributed by atoms with Gasteiger partial charge in [-0.05, 0) is 51.1 Å². The Morgan fingerprint density at radius 3 is 2.69 bits per heavy atom. The molecule has 10 nitrogen and oxygen atoms in total. The lowest BCUT2D eigenvalue weighted by Gasteiger charge is -2.15. The van der Waals surface area contributed by atoms with Crippen molar-refractivity contribution in [1.82, 2.24) is 15.3 Å². The Balaban J connectivity index is 1.68. The molecule has 0 spiro atoms. The topological polar surface area (TPSA) is 140 Å². The zero-order valence-electron chi connectivity index (χ0n) is 19.4. The van der Waals surface area contributed by atoms with Gasteiger partial charge in [-0.2, -0.15) is 0 Å². The molecule has 35 heavy (non-hydrogen) atoms. The monoisotopic (exact) mass is 518 g/mol. The number of nitrogens with one attached hydrogen (secondary N) is 2. The summed E-state index contributed by atoms with van der Waals surface area (Å²) in [6.45, 7) is 5.96. The van der Waals surface area contributed by atoms with Gasteiger partial charge in [0.25, 0.3) is 5.91 Å². The highest BCUT2D eigenvalue weighted by atomic mass is 32.2. The minimum Gasteiger partial charge on any atom is -0.489 e. The zero-order chi connectivity index (χ0) is 25.4. The molecule has 1 aromatic carbocycles. The van der Waals surface area contributed by atoms with Crippen LogP contribution in [0, 0.1) is 0 Å². The molecule has 3 N–H and O–H groups in total. The van der Waals surface area contributed by atoms with E-state index in [0.29, 0.717) is 34.4 Å². The largest absolute Gasteiger partial charge is 0.489 e. The summed E-state index contributed by atoms with van der Waals surface area (Å²) in [7, 11) is 0. The number of ether oxygens (including phenoxy) is 2. The SMILES string of the molecule is CCOC(=O)CCNC(=O)c1ccc(-c2csc(Nc3cc(S(=O)O)ccc3OC(C)C)n2)cn1. The summed E-state index contributed by atoms with van der Waals surface area (Å²) in [6.07, 6.45) is 1.55. The number of hydrogen-bond donors (Lipinski definition) is 3. The fourth-order valence-electron chi connectivity index (χ4n) is 2.93. The molecule has 0 aliphatic carbocycles. The summed E-state index contributed by atoms with van der Waals surface area (Å²) < 4.78 is 31.5. The Labute approximate surface area is 209 Å². The molecule has 1 unspecified atom stereocenters. The van der Waals surface area contributed by atoms with Crippen molar-refractivity contribution in [3.05, 3.63) is 47.6 Å². The molecular formula is C23H26N4O6S2. The fourth-order valence-corrected chi connectivity index (χ4v) is 4.07. The van der Waals surface area contributed by atoms with E-state index in [1.807, 2.05) is 19.2 Å². The van der Waals surface area contributed by atoms with Crippen LogP contribution in [-0.2, 0) is 20.6 Å². The molecule has 0 aliphatic rings. The Bertz CT molecular complexity index is 1200. The van der Waals surface area contributed by atoms with Crippen molar-refractivity contribution in [3.8, 4) is 17.0 Å². The molecule has 1 amide bonds. The van der Waals surface area contributed by atoms with Gasteiger partial charge in [-0.15, -0.1) is 11.3 Å². The van der Waals surface area contributed by atoms with Gasteiger partial charge in [0.1, 0.15) is 11.4 Å². The molecule has 186 valence electrons. The van der Waals surface area contributed by atoms with Crippen molar-refractivity contribution in [2.75, 3.05) is 18.5 Å². The van der Waals surface area contributed by atoms with Crippen LogP contribution in [0.25, 0.3) is 11.3 Å². The van der Waals surface area contributed by atoms with Crippen molar-refractivity contribution in [3.63, 3.8) is 0 Å². The van der Waals surface area contributed by atoms with E-state index in [2.05, 4.69) is 20.6 Å². The second-order valence-corrected chi connectivity index (χ2v) is 9.31. The summed E-state index contributed by atoms with van der Waals surface area (Å²) in [5, 5.41) is 8.16. The van der Waals surface area contributed by atoms with E-state index in [4.69, 9.17) is 9.47 Å². The summed E-state index contributed by atoms with van der Waals surface area (Å²) >= 11 is -0.789. The number of carbonyl (C=O) groups excluding carboxylic acids is 2. The lowest BCUT2D eigenvalue weighted by atomic mass is 10.2. The van der Waals surface area contributed by atoms with Gasteiger partial charge in [0.05, 0.1) is 35.4 Å². The zero-order valence-corrected chi connectivity index (χ0v) is 21.1. The van der Waals surface area contributed by atoms with Crippen LogP contribution in [0.4, 0.5) is 10.8 Å². The van der Waals surface area contributed by atoms with Gasteiger partial charge in [-0.1, -0.05) is 0 Å². The number of benzene rings is 1. The predicted octanol–water partition coefficient (Wildman–Crippen LogP) is 4.00. The highest BCUT2D eigenvalue weighted by Crippen LogP contribution is 2.33. The molecule has 2 heterocycles. The number of rotatable bonds is 11. The number of esters is 1. The average Bonchev–Trinajstić information content (AvgIpc) is 3.28. The molecule has 1 atom stereocenters. The molecule has 0 saturated carbocycles. The van der Waals surface area contributed by atoms with E-state index >= 15 is 0 Å². The highest BCUT2D eigenvalue weighted by Gasteiger charge is 2.14. The third-order valence-corrected chi connectivity index (χ3v) is 5.89. The summed E-state index contributed by atoms with van der Waals surface area (Å²) in [6, 6.07) is 8.03. The maximum absolute atomic E-state index is 12.2. The lowest BCUT2D eigenvalue weighted by molar-refractivity contribution is -0.142. The van der Waals surface area contributed by atoms with Crippen molar-refractivity contribution in [1.29, 1.82) is 0 Å². The minimum absolute atomic E-state index is 0.0835. The predicted molar refractivity (Wildman–Crippen MR) is 133 cm³/mol. The minimum atomic E-state index is -2.13. The van der Waals surface area contributed by atoms with Gasteiger partial charge in [-0.3, -0.25) is 14.6 Å². The van der Waals surface area contributed by atoms with E-state index in [0.717, 1.165) is 0 Å². The van der Waals surface area contributed by atoms with E-state index in [-0.39, 0.29) is 41.5 Å². The average molecular weight is 519 g/mol. The molecule has 0 radical (unpaired) electrons. The van der Waals surface area contributed by atoms with Crippen molar-refractivity contribution in [2.45, 2.75) is 38.2 Å². The first-order chi connectivity index (χ1) is 16.8. The first-order valence-corrected chi connectivity index (χ1v) is 12.8. The van der Waals surface area contributed by atoms with Crippen LogP contribution in [0.3, 0.4) is 0 Å². The van der Waals surface area contributed by atoms with Crippen LogP contribution in [0.5, 0.6) is 5.75 Å². The molecule has 3 rings (SSSR count). The number of hydrogen-bond acceptors (Lipinski definition) is 9. The molecule has 0 aliphatic heterocycles. The van der Waals surface area contributed by atoms with Crippen LogP contribution in [0.1, 0.15) is 37.7 Å². The Morgan fingerprint density at radius 1 is 1.23 bits per heavy atom. The van der Waals surface area contributed by atoms with Gasteiger partial charge < -0.3 is 24.7 Å². The normalized spacial score (nSPS) is 11.7. The number of amides is 1. The van der Waals surface area contributed by atoms with Gasteiger partial charge in [0, 0.05) is 23.7 Å². The summed E-state index contributed by atoms with van der Waals surface area (Å²) in [5.41, 5.74) is 2.09. The molecule has 0 bridgehead atoms. The van der Waals surface area contributed by atoms with Gasteiger partial charge in [-0.25, -0.2) is 9.19 Å². The van der Waals surface area contributed by atoms with E-state index < -0.39 is 11.1 Å². The van der Waals surface area contributed by atoms with Gasteiger partial charge in [0.15, 0.2) is 16.2 Å². The standard InChI is InChI=1S/C23H26N4O6S2/c1-4-32-21(28)9-10-24-22(29)17-7-5-15(12-25-17)19-13-34-23(27-19)26-18-11-16(35(30)31)6-8-20(18)33-14(2)3/h5-8,11-14H,4,9-10H2,1-3H3,(H,24,29)(H,26,27)(H,30,31). The van der Waals surface area contributed by atoms with Gasteiger partial charge in [0.2, 0.25) is 0 Å². The number of thiazole rings is 1.